The molecule has 0 aliphatic heterocycles. The molecule has 0 bridgehead atoms. The van der Waals surface area contributed by atoms with Crippen LogP contribution in [0.2, 0.25) is 5.02 Å². The molecule has 0 aliphatic rings. The predicted octanol–water partition coefficient (Wildman–Crippen LogP) is 2.81. The first-order chi connectivity index (χ1) is 9.51. The minimum atomic E-state index is -0.365. The molecule has 2 aromatic rings. The van der Waals surface area contributed by atoms with Gasteiger partial charge in [-0.3, -0.25) is 9.48 Å². The van der Waals surface area contributed by atoms with E-state index in [0.717, 1.165) is 0 Å². The number of hydrogen-bond acceptors (Lipinski definition) is 4. The molecule has 0 fully saturated rings. The number of amides is 1. The molecule has 0 saturated heterocycles. The number of anilines is 2. The lowest BCUT2D eigenvalue weighted by molar-refractivity contribution is 0.102. The van der Waals surface area contributed by atoms with Gasteiger partial charge in [0.2, 0.25) is 0 Å². The Balaban J connectivity index is 2.19. The van der Waals surface area contributed by atoms with Crippen LogP contribution in [0.25, 0.3) is 0 Å². The van der Waals surface area contributed by atoms with Crippen molar-refractivity contribution in [2.75, 3.05) is 17.7 Å². The number of carbonyl (C=O) groups is 1. The molecular formula is C13H16ClN5O. The van der Waals surface area contributed by atoms with Crippen LogP contribution in [0.4, 0.5) is 11.5 Å². The number of aromatic nitrogens is 3. The Morgan fingerprint density at radius 1 is 1.40 bits per heavy atom. The van der Waals surface area contributed by atoms with Crippen LogP contribution in [0.1, 0.15) is 30.4 Å². The third kappa shape index (κ3) is 3.08. The van der Waals surface area contributed by atoms with Gasteiger partial charge in [0.1, 0.15) is 11.5 Å². The summed E-state index contributed by atoms with van der Waals surface area (Å²) < 4.78 is 1.76. The van der Waals surface area contributed by atoms with E-state index >= 15 is 0 Å². The molecule has 0 atom stereocenters. The highest BCUT2D eigenvalue weighted by atomic mass is 35.5. The minimum Gasteiger partial charge on any atom is -0.373 e. The third-order valence-corrected chi connectivity index (χ3v) is 3.01. The van der Waals surface area contributed by atoms with Crippen LogP contribution in [0, 0.1) is 0 Å². The van der Waals surface area contributed by atoms with Crippen molar-refractivity contribution < 1.29 is 4.79 Å². The second-order valence-electron chi connectivity index (χ2n) is 4.53. The Kier molecular flexibility index (Phi) is 4.24. The number of pyridine rings is 1. The Morgan fingerprint density at radius 2 is 2.15 bits per heavy atom. The average molecular weight is 294 g/mol. The monoisotopic (exact) mass is 293 g/mol. The molecule has 0 saturated carbocycles. The molecule has 2 aromatic heterocycles. The largest absolute Gasteiger partial charge is 0.373 e. The van der Waals surface area contributed by atoms with Gasteiger partial charge in [0.25, 0.3) is 5.91 Å². The van der Waals surface area contributed by atoms with Gasteiger partial charge in [0.15, 0.2) is 0 Å². The average Bonchev–Trinajstić information content (AvgIpc) is 2.88. The van der Waals surface area contributed by atoms with Crippen molar-refractivity contribution in [2.45, 2.75) is 19.9 Å². The quantitative estimate of drug-likeness (QED) is 0.909. The van der Waals surface area contributed by atoms with Crippen LogP contribution in [-0.2, 0) is 0 Å². The fourth-order valence-electron chi connectivity index (χ4n) is 1.62. The summed E-state index contributed by atoms with van der Waals surface area (Å²) >= 11 is 6.00. The Hall–Kier alpha value is -2.08. The second-order valence-corrected chi connectivity index (χ2v) is 4.94. The van der Waals surface area contributed by atoms with Crippen molar-refractivity contribution in [3.05, 3.63) is 35.2 Å². The van der Waals surface area contributed by atoms with Crippen LogP contribution >= 0.6 is 11.6 Å². The molecule has 0 radical (unpaired) electrons. The molecule has 0 aliphatic carbocycles. The lowest BCUT2D eigenvalue weighted by Crippen LogP contribution is -2.14. The number of nitrogens with zero attached hydrogens (tertiary/aromatic N) is 3. The SMILES string of the molecule is CNc1ccc(Cl)c(C(=O)Nc2cnn(C(C)C)c2)n1. The first-order valence-electron chi connectivity index (χ1n) is 6.21. The van der Waals surface area contributed by atoms with Gasteiger partial charge in [-0.05, 0) is 26.0 Å². The molecule has 6 nitrogen and oxygen atoms in total. The molecule has 7 heteroatoms. The summed E-state index contributed by atoms with van der Waals surface area (Å²) in [5.74, 6) is 0.216. The smallest absolute Gasteiger partial charge is 0.275 e. The number of rotatable bonds is 4. The molecule has 1 amide bonds. The molecule has 0 spiro atoms. The minimum absolute atomic E-state index is 0.177. The maximum atomic E-state index is 12.2. The first kappa shape index (κ1) is 14.3. The fourth-order valence-corrected chi connectivity index (χ4v) is 1.81. The summed E-state index contributed by atoms with van der Waals surface area (Å²) in [4.78, 5) is 16.3. The highest BCUT2D eigenvalue weighted by molar-refractivity contribution is 6.34. The van der Waals surface area contributed by atoms with Crippen LogP contribution in [-0.4, -0.2) is 27.7 Å². The topological polar surface area (TPSA) is 71.8 Å². The van der Waals surface area contributed by atoms with Crippen molar-refractivity contribution in [1.82, 2.24) is 14.8 Å². The van der Waals surface area contributed by atoms with Gasteiger partial charge in [-0.2, -0.15) is 5.10 Å². The van der Waals surface area contributed by atoms with E-state index in [1.54, 1.807) is 36.3 Å². The van der Waals surface area contributed by atoms with Gasteiger partial charge in [0, 0.05) is 19.3 Å². The maximum Gasteiger partial charge on any atom is 0.275 e. The van der Waals surface area contributed by atoms with Crippen LogP contribution in [0.15, 0.2) is 24.5 Å². The number of carbonyl (C=O) groups excluding carboxylic acids is 1. The van der Waals surface area contributed by atoms with Crippen molar-refractivity contribution in [3.8, 4) is 0 Å². The summed E-state index contributed by atoms with van der Waals surface area (Å²) in [5.41, 5.74) is 0.784. The number of halogens is 1. The van der Waals surface area contributed by atoms with Crippen LogP contribution in [0.3, 0.4) is 0 Å². The number of hydrogen-bond donors (Lipinski definition) is 2. The van der Waals surface area contributed by atoms with Gasteiger partial charge in [-0.15, -0.1) is 0 Å². The molecule has 2 N–H and O–H groups in total. The van der Waals surface area contributed by atoms with Crippen molar-refractivity contribution in [3.63, 3.8) is 0 Å². The van der Waals surface area contributed by atoms with E-state index in [9.17, 15) is 4.79 Å². The summed E-state index contributed by atoms with van der Waals surface area (Å²) in [5, 5.41) is 10.1. The van der Waals surface area contributed by atoms with E-state index in [1.807, 2.05) is 13.8 Å². The summed E-state index contributed by atoms with van der Waals surface area (Å²) in [6.07, 6.45) is 3.35. The Morgan fingerprint density at radius 3 is 2.75 bits per heavy atom. The second kappa shape index (κ2) is 5.92. The van der Waals surface area contributed by atoms with Crippen LogP contribution in [0.5, 0.6) is 0 Å². The highest BCUT2D eigenvalue weighted by Crippen LogP contribution is 2.18. The van der Waals surface area contributed by atoms with E-state index in [0.29, 0.717) is 16.5 Å². The molecule has 20 heavy (non-hydrogen) atoms. The zero-order valence-electron chi connectivity index (χ0n) is 11.5. The Labute approximate surface area is 122 Å². The van der Waals surface area contributed by atoms with E-state index in [2.05, 4.69) is 20.7 Å². The summed E-state index contributed by atoms with van der Waals surface area (Å²) in [7, 11) is 1.73. The zero-order valence-corrected chi connectivity index (χ0v) is 12.3. The molecule has 0 aromatic carbocycles. The zero-order chi connectivity index (χ0) is 14.7. The molecule has 2 heterocycles. The van der Waals surface area contributed by atoms with E-state index in [-0.39, 0.29) is 17.6 Å². The molecular weight excluding hydrogens is 278 g/mol. The lowest BCUT2D eigenvalue weighted by atomic mass is 10.3. The fraction of sp³-hybridized carbons (Fsp3) is 0.308. The van der Waals surface area contributed by atoms with Crippen molar-refractivity contribution in [2.24, 2.45) is 0 Å². The predicted molar refractivity (Wildman–Crippen MR) is 79.4 cm³/mol. The summed E-state index contributed by atoms with van der Waals surface area (Å²) in [6, 6.07) is 3.57. The van der Waals surface area contributed by atoms with Gasteiger partial charge < -0.3 is 10.6 Å². The van der Waals surface area contributed by atoms with Crippen molar-refractivity contribution in [1.29, 1.82) is 0 Å². The van der Waals surface area contributed by atoms with E-state index in [1.165, 1.54) is 0 Å². The standard InChI is InChI=1S/C13H16ClN5O/c1-8(2)19-7-9(6-16-19)17-13(20)12-10(14)4-5-11(15-3)18-12/h4-8H,1-3H3,(H,15,18)(H,17,20). The lowest BCUT2D eigenvalue weighted by Gasteiger charge is -2.06. The van der Waals surface area contributed by atoms with Gasteiger partial charge >= 0.3 is 0 Å². The van der Waals surface area contributed by atoms with Gasteiger partial charge in [-0.25, -0.2) is 4.98 Å². The summed E-state index contributed by atoms with van der Waals surface area (Å²) in [6.45, 7) is 4.01. The van der Waals surface area contributed by atoms with Gasteiger partial charge in [0.05, 0.1) is 16.9 Å². The van der Waals surface area contributed by atoms with Crippen LogP contribution < -0.4 is 10.6 Å². The Bertz CT molecular complexity index is 623. The van der Waals surface area contributed by atoms with Gasteiger partial charge in [-0.1, -0.05) is 11.6 Å². The maximum absolute atomic E-state index is 12.2. The van der Waals surface area contributed by atoms with Crippen molar-refractivity contribution >= 4 is 29.0 Å². The molecule has 106 valence electrons. The first-order valence-corrected chi connectivity index (χ1v) is 6.59. The normalized spacial score (nSPS) is 10.7. The molecule has 0 unspecified atom stereocenters. The van der Waals surface area contributed by atoms with E-state index in [4.69, 9.17) is 11.6 Å². The highest BCUT2D eigenvalue weighted by Gasteiger charge is 2.14. The number of nitrogens with one attached hydrogen (secondary N) is 2. The third-order valence-electron chi connectivity index (χ3n) is 2.71. The van der Waals surface area contributed by atoms with E-state index < -0.39 is 0 Å². The molecule has 2 rings (SSSR count).